The maximum absolute atomic E-state index is 11.3. The number of halogens is 3. The average molecular weight is 333 g/mol. The van der Waals surface area contributed by atoms with Gasteiger partial charge in [0.15, 0.2) is 0 Å². The SMILES string of the molecule is Cc1cc(Cl)c(NS(=O)(=O)CBr)cc1Cl. The molecule has 3 nitrogen and oxygen atoms in total. The molecule has 1 N–H and O–H groups in total. The molecule has 0 unspecified atom stereocenters. The number of rotatable bonds is 3. The van der Waals surface area contributed by atoms with Crippen molar-refractivity contribution in [2.45, 2.75) is 6.92 Å². The first-order valence-electron chi connectivity index (χ1n) is 3.88. The van der Waals surface area contributed by atoms with Gasteiger partial charge in [0.1, 0.15) is 4.66 Å². The van der Waals surface area contributed by atoms with Gasteiger partial charge in [-0.1, -0.05) is 39.1 Å². The number of anilines is 1. The molecule has 0 atom stereocenters. The average Bonchev–Trinajstić information content (AvgIpc) is 2.14. The van der Waals surface area contributed by atoms with E-state index in [1.54, 1.807) is 13.0 Å². The molecular formula is C8H8BrCl2NO2S. The fraction of sp³-hybridized carbons (Fsp3) is 0.250. The van der Waals surface area contributed by atoms with Gasteiger partial charge in [-0.15, -0.1) is 0 Å². The van der Waals surface area contributed by atoms with Crippen molar-refractivity contribution in [3.63, 3.8) is 0 Å². The van der Waals surface area contributed by atoms with Gasteiger partial charge in [-0.3, -0.25) is 4.72 Å². The van der Waals surface area contributed by atoms with Crippen molar-refractivity contribution in [3.05, 3.63) is 27.7 Å². The van der Waals surface area contributed by atoms with Crippen molar-refractivity contribution in [2.75, 3.05) is 9.38 Å². The van der Waals surface area contributed by atoms with E-state index in [0.29, 0.717) is 10.0 Å². The molecular weight excluding hydrogens is 325 g/mol. The molecule has 0 aliphatic heterocycles. The number of benzene rings is 1. The van der Waals surface area contributed by atoms with Crippen molar-refractivity contribution < 1.29 is 8.42 Å². The third-order valence-corrected chi connectivity index (χ3v) is 5.00. The first-order valence-corrected chi connectivity index (χ1v) is 7.41. The van der Waals surface area contributed by atoms with Crippen molar-refractivity contribution in [1.82, 2.24) is 0 Å². The molecule has 0 spiro atoms. The second-order valence-electron chi connectivity index (χ2n) is 2.91. The second-order valence-corrected chi connectivity index (χ2v) is 6.75. The van der Waals surface area contributed by atoms with Gasteiger partial charge in [0.05, 0.1) is 10.7 Å². The van der Waals surface area contributed by atoms with Gasteiger partial charge in [-0.25, -0.2) is 8.42 Å². The second kappa shape index (κ2) is 4.91. The van der Waals surface area contributed by atoms with E-state index < -0.39 is 10.0 Å². The summed E-state index contributed by atoms with van der Waals surface area (Å²) in [7, 11) is -3.40. The molecule has 1 aromatic rings. The molecule has 0 radical (unpaired) electrons. The molecule has 0 aromatic heterocycles. The van der Waals surface area contributed by atoms with Gasteiger partial charge >= 0.3 is 0 Å². The lowest BCUT2D eigenvalue weighted by molar-refractivity contribution is 0.606. The van der Waals surface area contributed by atoms with Gasteiger partial charge in [0.25, 0.3) is 0 Å². The first kappa shape index (κ1) is 13.1. The third-order valence-electron chi connectivity index (χ3n) is 1.66. The van der Waals surface area contributed by atoms with Crippen LogP contribution in [0.1, 0.15) is 5.56 Å². The van der Waals surface area contributed by atoms with E-state index in [0.717, 1.165) is 5.56 Å². The Morgan fingerprint density at radius 3 is 2.47 bits per heavy atom. The largest absolute Gasteiger partial charge is 0.281 e. The van der Waals surface area contributed by atoms with Crippen molar-refractivity contribution in [2.24, 2.45) is 0 Å². The minimum absolute atomic E-state index is 0.193. The molecule has 0 saturated heterocycles. The molecule has 1 rings (SSSR count). The summed E-state index contributed by atoms with van der Waals surface area (Å²) in [6.45, 7) is 1.79. The molecule has 0 bridgehead atoms. The van der Waals surface area contributed by atoms with Gasteiger partial charge in [-0.2, -0.15) is 0 Å². The topological polar surface area (TPSA) is 46.2 Å². The van der Waals surface area contributed by atoms with Crippen molar-refractivity contribution in [1.29, 1.82) is 0 Å². The van der Waals surface area contributed by atoms with Gasteiger partial charge in [0, 0.05) is 5.02 Å². The summed E-state index contributed by atoms with van der Waals surface area (Å²) >= 11 is 14.6. The van der Waals surface area contributed by atoms with Crippen LogP contribution in [0.25, 0.3) is 0 Å². The number of sulfonamides is 1. The Balaban J connectivity index is 3.12. The predicted octanol–water partition coefficient (Wildman–Crippen LogP) is 3.40. The minimum atomic E-state index is -3.40. The van der Waals surface area contributed by atoms with Crippen molar-refractivity contribution >= 4 is 54.8 Å². The summed E-state index contributed by atoms with van der Waals surface area (Å²) in [5.74, 6) is 0. The lowest BCUT2D eigenvalue weighted by Crippen LogP contribution is -2.13. The highest BCUT2D eigenvalue weighted by Crippen LogP contribution is 2.29. The maximum Gasteiger partial charge on any atom is 0.242 e. The Hall–Kier alpha value is 0.0300. The van der Waals surface area contributed by atoms with E-state index in [1.807, 2.05) is 0 Å². The number of alkyl halides is 1. The van der Waals surface area contributed by atoms with Crippen LogP contribution in [0.3, 0.4) is 0 Å². The summed E-state index contributed by atoms with van der Waals surface area (Å²) in [4.78, 5) is 0. The number of hydrogen-bond acceptors (Lipinski definition) is 2. The third kappa shape index (κ3) is 3.52. The fourth-order valence-electron chi connectivity index (χ4n) is 0.919. The first-order chi connectivity index (χ1) is 6.85. The van der Waals surface area contributed by atoms with Crippen LogP contribution in [-0.2, 0) is 10.0 Å². The maximum atomic E-state index is 11.3. The lowest BCUT2D eigenvalue weighted by atomic mass is 10.2. The Bertz CT molecular complexity index is 476. The summed E-state index contributed by atoms with van der Waals surface area (Å²) in [5, 5.41) is 0.785. The van der Waals surface area contributed by atoms with Crippen LogP contribution in [-0.4, -0.2) is 13.1 Å². The summed E-state index contributed by atoms with van der Waals surface area (Å²) in [6, 6.07) is 3.09. The minimum Gasteiger partial charge on any atom is -0.281 e. The van der Waals surface area contributed by atoms with E-state index in [-0.39, 0.29) is 10.3 Å². The molecule has 84 valence electrons. The highest BCUT2D eigenvalue weighted by Gasteiger charge is 2.11. The van der Waals surface area contributed by atoms with Crippen LogP contribution in [0.5, 0.6) is 0 Å². The van der Waals surface area contributed by atoms with Crippen LogP contribution in [0.2, 0.25) is 10.0 Å². The zero-order valence-electron chi connectivity index (χ0n) is 7.72. The molecule has 7 heteroatoms. The molecule has 0 amide bonds. The molecule has 0 heterocycles. The van der Waals surface area contributed by atoms with E-state index >= 15 is 0 Å². The van der Waals surface area contributed by atoms with Gasteiger partial charge < -0.3 is 0 Å². The monoisotopic (exact) mass is 331 g/mol. The van der Waals surface area contributed by atoms with E-state index in [1.165, 1.54) is 6.07 Å². The summed E-state index contributed by atoms with van der Waals surface area (Å²) in [5.41, 5.74) is 1.08. The Kier molecular flexibility index (Phi) is 4.29. The quantitative estimate of drug-likeness (QED) is 0.862. The van der Waals surface area contributed by atoms with Crippen molar-refractivity contribution in [3.8, 4) is 0 Å². The molecule has 0 aliphatic carbocycles. The molecule has 15 heavy (non-hydrogen) atoms. The summed E-state index contributed by atoms with van der Waals surface area (Å²) < 4.78 is 24.6. The normalized spacial score (nSPS) is 11.5. The Labute approximate surface area is 107 Å². The highest BCUT2D eigenvalue weighted by molar-refractivity contribution is 9.10. The predicted molar refractivity (Wildman–Crippen MR) is 67.5 cm³/mol. The van der Waals surface area contributed by atoms with E-state index in [9.17, 15) is 8.42 Å². The van der Waals surface area contributed by atoms with Crippen LogP contribution < -0.4 is 4.72 Å². The molecule has 0 aliphatic rings. The zero-order valence-corrected chi connectivity index (χ0v) is 11.6. The van der Waals surface area contributed by atoms with Crippen LogP contribution in [0.15, 0.2) is 12.1 Å². The highest BCUT2D eigenvalue weighted by atomic mass is 79.9. The number of hydrogen-bond donors (Lipinski definition) is 1. The molecule has 0 fully saturated rings. The van der Waals surface area contributed by atoms with E-state index in [2.05, 4.69) is 20.7 Å². The van der Waals surface area contributed by atoms with Gasteiger partial charge in [-0.05, 0) is 24.6 Å². The lowest BCUT2D eigenvalue weighted by Gasteiger charge is -2.09. The van der Waals surface area contributed by atoms with Crippen LogP contribution in [0.4, 0.5) is 5.69 Å². The Morgan fingerprint density at radius 2 is 1.93 bits per heavy atom. The molecule has 1 aromatic carbocycles. The van der Waals surface area contributed by atoms with Crippen LogP contribution >= 0.6 is 39.1 Å². The number of nitrogens with one attached hydrogen (secondary N) is 1. The fourth-order valence-corrected chi connectivity index (χ4v) is 2.31. The van der Waals surface area contributed by atoms with Gasteiger partial charge in [0.2, 0.25) is 10.0 Å². The molecule has 0 saturated carbocycles. The van der Waals surface area contributed by atoms with Crippen LogP contribution in [0, 0.1) is 6.92 Å². The Morgan fingerprint density at radius 1 is 1.33 bits per heavy atom. The number of aryl methyl sites for hydroxylation is 1. The smallest absolute Gasteiger partial charge is 0.242 e. The standard InChI is InChI=1S/C8H8BrCl2NO2S/c1-5-2-7(11)8(3-6(5)10)12-15(13,14)4-9/h2-3,12H,4H2,1H3. The van der Waals surface area contributed by atoms with E-state index in [4.69, 9.17) is 23.2 Å². The zero-order chi connectivity index (χ0) is 11.6. The summed E-state index contributed by atoms with van der Waals surface area (Å²) in [6.07, 6.45) is 0.